The Balaban J connectivity index is 1.33. The molecular formula is C27H16Cl3N3O3. The van der Waals surface area contributed by atoms with Gasteiger partial charge in [-0.1, -0.05) is 71.2 Å². The molecule has 0 radical (unpaired) electrons. The molecule has 9 heteroatoms. The van der Waals surface area contributed by atoms with Crippen LogP contribution in [0.1, 0.15) is 10.4 Å². The fourth-order valence-electron chi connectivity index (χ4n) is 3.87. The molecule has 0 saturated carbocycles. The van der Waals surface area contributed by atoms with E-state index in [1.54, 1.807) is 24.3 Å². The molecule has 0 aliphatic carbocycles. The summed E-state index contributed by atoms with van der Waals surface area (Å²) < 4.78 is 0. The largest absolute Gasteiger partial charge is 0.350 e. The molecule has 0 unspecified atom stereocenters. The van der Waals surface area contributed by atoms with E-state index in [2.05, 4.69) is 10.6 Å². The Labute approximate surface area is 221 Å². The number of hydrogen-bond donors (Lipinski definition) is 2. The number of anilines is 3. The van der Waals surface area contributed by atoms with Crippen LogP contribution >= 0.6 is 34.8 Å². The number of benzene rings is 4. The van der Waals surface area contributed by atoms with Gasteiger partial charge in [0.2, 0.25) is 0 Å². The van der Waals surface area contributed by atoms with E-state index < -0.39 is 11.8 Å². The van der Waals surface area contributed by atoms with Gasteiger partial charge in [0, 0.05) is 27.3 Å². The van der Waals surface area contributed by atoms with Gasteiger partial charge in [0.05, 0.1) is 10.7 Å². The van der Waals surface area contributed by atoms with Crippen molar-refractivity contribution in [3.63, 3.8) is 0 Å². The summed E-state index contributed by atoms with van der Waals surface area (Å²) in [6.45, 7) is 0. The Morgan fingerprint density at radius 2 is 1.50 bits per heavy atom. The zero-order valence-electron chi connectivity index (χ0n) is 18.4. The number of carbonyl (C=O) groups is 3. The summed E-state index contributed by atoms with van der Waals surface area (Å²) in [4.78, 5) is 39.4. The van der Waals surface area contributed by atoms with E-state index in [1.807, 2.05) is 42.5 Å². The van der Waals surface area contributed by atoms with Crippen molar-refractivity contribution in [1.29, 1.82) is 0 Å². The second-order valence-electron chi connectivity index (χ2n) is 7.91. The van der Waals surface area contributed by atoms with E-state index in [0.29, 0.717) is 22.0 Å². The third kappa shape index (κ3) is 4.42. The summed E-state index contributed by atoms with van der Waals surface area (Å²) in [7, 11) is 0. The molecule has 5 rings (SSSR count). The number of amides is 3. The predicted octanol–water partition coefficient (Wildman–Crippen LogP) is 6.83. The second-order valence-corrected chi connectivity index (χ2v) is 9.14. The molecule has 2 N–H and O–H groups in total. The van der Waals surface area contributed by atoms with Crippen LogP contribution < -0.4 is 15.5 Å². The maximum atomic E-state index is 13.0. The molecule has 0 aromatic heterocycles. The number of rotatable bonds is 5. The number of hydrogen-bond acceptors (Lipinski definition) is 4. The highest BCUT2D eigenvalue weighted by molar-refractivity contribution is 6.54. The lowest BCUT2D eigenvalue weighted by Gasteiger charge is -2.16. The third-order valence-corrected chi connectivity index (χ3v) is 6.52. The Morgan fingerprint density at radius 1 is 0.778 bits per heavy atom. The maximum Gasteiger partial charge on any atom is 0.283 e. The van der Waals surface area contributed by atoms with Gasteiger partial charge in [-0.25, -0.2) is 4.90 Å². The van der Waals surface area contributed by atoms with Crippen molar-refractivity contribution in [2.75, 3.05) is 15.5 Å². The van der Waals surface area contributed by atoms with Gasteiger partial charge in [0.1, 0.15) is 10.7 Å². The van der Waals surface area contributed by atoms with Gasteiger partial charge in [-0.05, 0) is 53.9 Å². The predicted molar refractivity (Wildman–Crippen MR) is 144 cm³/mol. The molecule has 1 aliphatic heterocycles. The fourth-order valence-corrected chi connectivity index (χ4v) is 4.58. The molecular weight excluding hydrogens is 521 g/mol. The smallest absolute Gasteiger partial charge is 0.283 e. The molecule has 0 spiro atoms. The normalized spacial score (nSPS) is 13.5. The van der Waals surface area contributed by atoms with Gasteiger partial charge in [0.15, 0.2) is 0 Å². The summed E-state index contributed by atoms with van der Waals surface area (Å²) in [6.07, 6.45) is 0. The quantitative estimate of drug-likeness (QED) is 0.274. The summed E-state index contributed by atoms with van der Waals surface area (Å²) in [5.74, 6) is -1.66. The van der Waals surface area contributed by atoms with Gasteiger partial charge in [-0.2, -0.15) is 0 Å². The summed E-state index contributed by atoms with van der Waals surface area (Å²) in [5, 5.41) is 7.98. The standard InChI is InChI=1S/C27H16Cl3N3O3/c28-17-10-13-22(20(29)14-17)33-26(35)23(30)24(27(33)36)31-18-11-8-16(9-12-18)25(34)32-21-7-3-5-15-4-1-2-6-19(15)21/h1-14,31H,(H,32,34). The van der Waals surface area contributed by atoms with Crippen LogP contribution in [0.2, 0.25) is 10.0 Å². The number of nitrogens with one attached hydrogen (secondary N) is 2. The van der Waals surface area contributed by atoms with E-state index in [9.17, 15) is 14.4 Å². The molecule has 0 fully saturated rings. The molecule has 4 aromatic carbocycles. The van der Waals surface area contributed by atoms with Gasteiger partial charge >= 0.3 is 0 Å². The Hall–Kier alpha value is -3.84. The van der Waals surface area contributed by atoms with Crippen LogP contribution in [0.15, 0.2) is 95.7 Å². The average molecular weight is 537 g/mol. The van der Waals surface area contributed by atoms with E-state index in [1.165, 1.54) is 18.2 Å². The molecule has 3 amide bonds. The van der Waals surface area contributed by atoms with Crippen molar-refractivity contribution in [3.05, 3.63) is 111 Å². The lowest BCUT2D eigenvalue weighted by atomic mass is 10.1. The minimum Gasteiger partial charge on any atom is -0.350 e. The van der Waals surface area contributed by atoms with Crippen LogP contribution in [0.5, 0.6) is 0 Å². The number of fused-ring (bicyclic) bond motifs is 1. The van der Waals surface area contributed by atoms with Crippen LogP contribution in [-0.2, 0) is 9.59 Å². The third-order valence-electron chi connectivity index (χ3n) is 5.63. The average Bonchev–Trinajstić information content (AvgIpc) is 3.08. The fraction of sp³-hybridized carbons (Fsp3) is 0. The first-order chi connectivity index (χ1) is 17.3. The molecule has 0 atom stereocenters. The van der Waals surface area contributed by atoms with Crippen molar-refractivity contribution in [2.24, 2.45) is 0 Å². The lowest BCUT2D eigenvalue weighted by molar-refractivity contribution is -0.120. The van der Waals surface area contributed by atoms with Gasteiger partial charge < -0.3 is 10.6 Å². The number of imide groups is 1. The van der Waals surface area contributed by atoms with E-state index in [4.69, 9.17) is 34.8 Å². The monoisotopic (exact) mass is 535 g/mol. The minimum absolute atomic E-state index is 0.0966. The topological polar surface area (TPSA) is 78.5 Å². The molecule has 4 aromatic rings. The van der Waals surface area contributed by atoms with Gasteiger partial charge in [0.25, 0.3) is 17.7 Å². The van der Waals surface area contributed by atoms with Crippen molar-refractivity contribution in [3.8, 4) is 0 Å². The Morgan fingerprint density at radius 3 is 2.25 bits per heavy atom. The number of halogens is 3. The van der Waals surface area contributed by atoms with Crippen LogP contribution in [0.4, 0.5) is 17.1 Å². The Kier molecular flexibility index (Phi) is 6.41. The summed E-state index contributed by atoms with van der Waals surface area (Å²) in [5.41, 5.74) is 1.66. The van der Waals surface area contributed by atoms with E-state index >= 15 is 0 Å². The van der Waals surface area contributed by atoms with Crippen LogP contribution in [0.25, 0.3) is 10.8 Å². The second kappa shape index (κ2) is 9.66. The SMILES string of the molecule is O=C(Nc1cccc2ccccc12)c1ccc(NC2=C(Cl)C(=O)N(c3ccc(Cl)cc3Cl)C2=O)cc1. The molecule has 1 heterocycles. The minimum atomic E-state index is -0.709. The van der Waals surface area contributed by atoms with Gasteiger partial charge in [-0.3, -0.25) is 14.4 Å². The lowest BCUT2D eigenvalue weighted by Crippen LogP contribution is -2.32. The molecule has 0 bridgehead atoms. The van der Waals surface area contributed by atoms with Crippen molar-refractivity contribution in [2.45, 2.75) is 0 Å². The van der Waals surface area contributed by atoms with E-state index in [0.717, 1.165) is 15.7 Å². The van der Waals surface area contributed by atoms with Crippen molar-refractivity contribution >= 4 is 80.4 Å². The first-order valence-electron chi connectivity index (χ1n) is 10.7. The van der Waals surface area contributed by atoms with Gasteiger partial charge in [-0.15, -0.1) is 0 Å². The first-order valence-corrected chi connectivity index (χ1v) is 11.9. The highest BCUT2D eigenvalue weighted by Gasteiger charge is 2.39. The zero-order chi connectivity index (χ0) is 25.4. The number of carbonyl (C=O) groups excluding carboxylic acids is 3. The molecule has 0 saturated heterocycles. The molecule has 6 nitrogen and oxygen atoms in total. The highest BCUT2D eigenvalue weighted by Crippen LogP contribution is 2.35. The first kappa shape index (κ1) is 23.9. The van der Waals surface area contributed by atoms with Crippen LogP contribution in [-0.4, -0.2) is 17.7 Å². The maximum absolute atomic E-state index is 13.0. The molecule has 1 aliphatic rings. The van der Waals surface area contributed by atoms with E-state index in [-0.39, 0.29) is 27.3 Å². The Bertz CT molecular complexity index is 1580. The van der Waals surface area contributed by atoms with Crippen molar-refractivity contribution in [1.82, 2.24) is 0 Å². The number of nitrogens with zero attached hydrogens (tertiary/aromatic N) is 1. The van der Waals surface area contributed by atoms with Crippen LogP contribution in [0, 0.1) is 0 Å². The summed E-state index contributed by atoms with van der Waals surface area (Å²) >= 11 is 18.3. The highest BCUT2D eigenvalue weighted by atomic mass is 35.5. The molecule has 178 valence electrons. The van der Waals surface area contributed by atoms with Crippen LogP contribution in [0.3, 0.4) is 0 Å². The van der Waals surface area contributed by atoms with Crippen molar-refractivity contribution < 1.29 is 14.4 Å². The molecule has 36 heavy (non-hydrogen) atoms. The zero-order valence-corrected chi connectivity index (χ0v) is 20.7. The summed E-state index contributed by atoms with van der Waals surface area (Å²) in [6, 6.07) is 24.3.